The van der Waals surface area contributed by atoms with Gasteiger partial charge in [0.25, 0.3) is 0 Å². The van der Waals surface area contributed by atoms with Crippen molar-refractivity contribution in [2.24, 2.45) is 0 Å². The van der Waals surface area contributed by atoms with Gasteiger partial charge in [0.05, 0.1) is 28.7 Å². The smallest absolute Gasteiger partial charge is 0.229 e. The lowest BCUT2D eigenvalue weighted by Gasteiger charge is -2.14. The number of hydrogen-bond donors (Lipinski definition) is 2. The average molecular weight is 374 g/mol. The minimum absolute atomic E-state index is 0.00543. The van der Waals surface area contributed by atoms with Gasteiger partial charge in [-0.25, -0.2) is 4.98 Å². The summed E-state index contributed by atoms with van der Waals surface area (Å²) in [7, 11) is 0. The highest BCUT2D eigenvalue weighted by atomic mass is 15.1. The number of hydrogen-bond acceptors (Lipinski definition) is 6. The van der Waals surface area contributed by atoms with Crippen LogP contribution in [0.4, 0.5) is 23.1 Å². The Balaban J connectivity index is 2.10. The van der Waals surface area contributed by atoms with Crippen LogP contribution in [0.15, 0.2) is 54.6 Å². The molecule has 6 nitrogen and oxygen atoms in total. The van der Waals surface area contributed by atoms with E-state index in [1.54, 1.807) is 0 Å². The number of nitriles is 2. The van der Waals surface area contributed by atoms with Gasteiger partial charge in [0, 0.05) is 23.6 Å². The van der Waals surface area contributed by atoms with Gasteiger partial charge in [0.1, 0.15) is 5.82 Å². The van der Waals surface area contributed by atoms with Gasteiger partial charge in [-0.1, -0.05) is 0 Å². The van der Waals surface area contributed by atoms with Gasteiger partial charge in [-0.15, -0.1) is 0 Å². The van der Waals surface area contributed by atoms with Gasteiger partial charge in [-0.05, 0) is 78.9 Å². The lowest BCUT2D eigenvalue weighted by molar-refractivity contribution is 1.16. The second kappa shape index (κ2) is 8.48. The fraction of sp³-hybridized carbons (Fsp3) is 0.0909. The number of benzene rings is 2. The van der Waals surface area contributed by atoms with Crippen LogP contribution in [0.3, 0.4) is 0 Å². The topological polar surface area (TPSA) is 97.4 Å². The Hall–Kier alpha value is -4.16. The van der Waals surface area contributed by atoms with Gasteiger partial charge in [-0.3, -0.25) is 0 Å². The molecule has 2 aromatic carbocycles. The summed E-state index contributed by atoms with van der Waals surface area (Å²) in [5, 5.41) is 23.5. The Kier molecular flexibility index (Phi) is 3.29. The highest BCUT2D eigenvalue weighted by Gasteiger charge is 2.07. The summed E-state index contributed by atoms with van der Waals surface area (Å²) in [6.07, 6.45) is -0.477. The van der Waals surface area contributed by atoms with E-state index < -0.39 is 24.3 Å². The van der Waals surface area contributed by atoms with E-state index >= 15 is 0 Å². The van der Waals surface area contributed by atoms with Crippen LogP contribution in [0.5, 0.6) is 0 Å². The first-order chi connectivity index (χ1) is 16.9. The number of aromatic nitrogens is 2. The van der Waals surface area contributed by atoms with Crippen LogP contribution in [-0.2, 0) is 0 Å². The van der Waals surface area contributed by atoms with E-state index in [9.17, 15) is 0 Å². The molecular weight excluding hydrogens is 348 g/mol. The molecule has 0 fully saturated rings. The number of rotatable bonds is 5. The molecule has 3 rings (SSSR count). The van der Waals surface area contributed by atoms with E-state index in [-0.39, 0.29) is 69.6 Å². The number of nitrogens with one attached hydrogen (secondary N) is 2. The molecule has 0 aliphatic carbocycles. The molecule has 28 heavy (non-hydrogen) atoms. The fourth-order valence-corrected chi connectivity index (χ4v) is 2.31. The minimum Gasteiger partial charge on any atom is -0.340 e. The summed E-state index contributed by atoms with van der Waals surface area (Å²) in [5.41, 5.74) is 0.707. The van der Waals surface area contributed by atoms with Crippen molar-refractivity contribution in [2.45, 2.75) is 13.8 Å². The normalized spacial score (nSPS) is 15.0. The molecule has 2 N–H and O–H groups in total. The molecule has 1 heterocycles. The van der Waals surface area contributed by atoms with E-state index in [4.69, 9.17) is 21.5 Å². The van der Waals surface area contributed by atoms with E-state index in [1.165, 1.54) is 32.0 Å². The van der Waals surface area contributed by atoms with Crippen LogP contribution in [-0.4, -0.2) is 9.97 Å². The molecule has 3 aromatic rings. The van der Waals surface area contributed by atoms with Gasteiger partial charge in [0.2, 0.25) is 5.95 Å². The van der Waals surface area contributed by atoms with Crippen LogP contribution in [0.2, 0.25) is 0 Å². The van der Waals surface area contributed by atoms with Gasteiger partial charge in [-0.2, -0.15) is 15.5 Å². The summed E-state index contributed by atoms with van der Waals surface area (Å²) in [6.45, 7) is 3.07. The SMILES string of the molecule is [2H]/C(C#N)=C(/[2H])c1c([2H])c(C)c(Nc2nc(Nc3c([2H])cc(C#N)cc3[2H])nc([2H])c2[2H])c(C)c1[2H]. The molecule has 0 spiro atoms. The quantitative estimate of drug-likeness (QED) is 0.611. The van der Waals surface area contributed by atoms with Crippen molar-refractivity contribution >= 4 is 29.2 Å². The molecule has 6 heteroatoms. The monoisotopic (exact) mass is 374 g/mol. The first kappa shape index (κ1) is 10.9. The zero-order chi connectivity index (χ0) is 26.9. The van der Waals surface area contributed by atoms with E-state index in [0.29, 0.717) is 0 Å². The van der Waals surface area contributed by atoms with Crippen LogP contribution in [0.1, 0.15) is 33.2 Å². The largest absolute Gasteiger partial charge is 0.340 e. The lowest BCUT2D eigenvalue weighted by atomic mass is 10.0. The molecule has 0 aliphatic heterocycles. The Morgan fingerprint density at radius 1 is 1.11 bits per heavy atom. The van der Waals surface area contributed by atoms with Crippen LogP contribution in [0, 0.1) is 36.5 Å². The van der Waals surface area contributed by atoms with Crippen molar-refractivity contribution in [2.75, 3.05) is 10.6 Å². The van der Waals surface area contributed by atoms with Crippen molar-refractivity contribution < 1.29 is 11.0 Å². The Morgan fingerprint density at radius 2 is 1.82 bits per heavy atom. The summed E-state index contributed by atoms with van der Waals surface area (Å²) in [4.78, 5) is 8.04. The predicted octanol–water partition coefficient (Wildman–Crippen LogP) is 4.99. The molecule has 136 valence electrons. The fourth-order valence-electron chi connectivity index (χ4n) is 2.31. The van der Waals surface area contributed by atoms with Crippen LogP contribution in [0.25, 0.3) is 6.05 Å². The Labute approximate surface area is 175 Å². The Bertz CT molecular complexity index is 1470. The predicted molar refractivity (Wildman–Crippen MR) is 110 cm³/mol. The van der Waals surface area contributed by atoms with E-state index in [1.807, 2.05) is 6.07 Å². The highest BCUT2D eigenvalue weighted by Crippen LogP contribution is 2.26. The van der Waals surface area contributed by atoms with E-state index in [0.717, 1.165) is 0 Å². The summed E-state index contributed by atoms with van der Waals surface area (Å²) < 4.78 is 64.8. The zero-order valence-electron chi connectivity index (χ0n) is 22.9. The van der Waals surface area contributed by atoms with Crippen molar-refractivity contribution in [3.63, 3.8) is 0 Å². The third-order valence-corrected chi connectivity index (χ3v) is 3.53. The first-order valence-electron chi connectivity index (χ1n) is 12.0. The maximum atomic E-state index is 9.00. The van der Waals surface area contributed by atoms with Crippen molar-refractivity contribution in [1.82, 2.24) is 9.97 Å². The molecular formula is C22H18N6. The van der Waals surface area contributed by atoms with Gasteiger partial charge in [0.15, 0.2) is 0 Å². The molecule has 0 saturated heterocycles. The number of anilines is 4. The number of nitrogens with zero attached hydrogens (tertiary/aromatic N) is 4. The van der Waals surface area contributed by atoms with Crippen molar-refractivity contribution in [3.05, 3.63) is 76.8 Å². The summed E-state index contributed by atoms with van der Waals surface area (Å²) in [5.74, 6) is -0.347. The molecule has 0 saturated carbocycles. The third-order valence-electron chi connectivity index (χ3n) is 3.53. The second-order valence-electron chi connectivity index (χ2n) is 5.51. The van der Waals surface area contributed by atoms with Crippen LogP contribution < -0.4 is 10.6 Å². The standard InChI is InChI=1S/C22H18N6/c1-15-12-18(4-3-10-23)13-16(2)21(15)27-20-9-11-25-22(28-20)26-19-7-5-17(14-24)6-8-19/h3-9,11-13H,1-2H3,(H2,25,26,27,28)/b4-3+/i3D,4D,7D,8D,9D,11D,12D,13D. The molecule has 0 unspecified atom stereocenters. The molecule has 0 radical (unpaired) electrons. The van der Waals surface area contributed by atoms with Gasteiger partial charge < -0.3 is 10.6 Å². The Morgan fingerprint density at radius 3 is 2.46 bits per heavy atom. The molecule has 1 aromatic heterocycles. The number of allylic oxidation sites excluding steroid dienone is 1. The zero-order valence-corrected chi connectivity index (χ0v) is 14.9. The molecule has 0 atom stereocenters. The molecule has 0 aliphatic rings. The first-order valence-corrected chi connectivity index (χ1v) is 8.00. The molecule has 0 bridgehead atoms. The maximum Gasteiger partial charge on any atom is 0.229 e. The van der Waals surface area contributed by atoms with Crippen LogP contribution >= 0.6 is 0 Å². The van der Waals surface area contributed by atoms with E-state index in [2.05, 4.69) is 20.6 Å². The van der Waals surface area contributed by atoms with Gasteiger partial charge >= 0.3 is 0 Å². The molecule has 0 amide bonds. The van der Waals surface area contributed by atoms with Crippen molar-refractivity contribution in [3.8, 4) is 12.1 Å². The third kappa shape index (κ3) is 4.51. The highest BCUT2D eigenvalue weighted by molar-refractivity contribution is 5.69. The minimum atomic E-state index is -0.680. The maximum absolute atomic E-state index is 9.00. The lowest BCUT2D eigenvalue weighted by Crippen LogP contribution is -2.02. The van der Waals surface area contributed by atoms with Crippen molar-refractivity contribution in [1.29, 1.82) is 10.5 Å². The second-order valence-corrected chi connectivity index (χ2v) is 5.51. The average Bonchev–Trinajstić information content (AvgIpc) is 2.84. The summed E-state index contributed by atoms with van der Waals surface area (Å²) >= 11 is 0. The summed E-state index contributed by atoms with van der Waals surface area (Å²) in [6, 6.07) is 3.45.